The number of aryl methyl sites for hydroxylation is 1. The maximum atomic E-state index is 5.30. The average Bonchev–Trinajstić information content (AvgIpc) is 3.19. The lowest BCUT2D eigenvalue weighted by molar-refractivity contribution is 0.410. The van der Waals surface area contributed by atoms with Gasteiger partial charge in [0.15, 0.2) is 0 Å². The van der Waals surface area contributed by atoms with Gasteiger partial charge in [-0.1, -0.05) is 6.07 Å². The number of ether oxygens (including phenoxy) is 1. The van der Waals surface area contributed by atoms with Gasteiger partial charge in [0.25, 0.3) is 0 Å². The highest BCUT2D eigenvalue weighted by atomic mass is 16.5. The molecule has 0 spiro atoms. The highest BCUT2D eigenvalue weighted by Gasteiger charge is 2.25. The molecule has 2 aliphatic carbocycles. The van der Waals surface area contributed by atoms with Crippen LogP contribution in [0.1, 0.15) is 42.9 Å². The first-order valence-electron chi connectivity index (χ1n) is 6.77. The Bertz CT molecular complexity index is 398. The Morgan fingerprint density at radius 3 is 2.94 bits per heavy atom. The molecule has 2 heteroatoms. The van der Waals surface area contributed by atoms with Crippen molar-refractivity contribution in [1.82, 2.24) is 5.32 Å². The van der Waals surface area contributed by atoms with E-state index in [9.17, 15) is 0 Å². The van der Waals surface area contributed by atoms with Crippen molar-refractivity contribution in [2.24, 2.45) is 5.92 Å². The van der Waals surface area contributed by atoms with Crippen LogP contribution in [0, 0.1) is 5.92 Å². The molecule has 1 saturated carbocycles. The van der Waals surface area contributed by atoms with Crippen LogP contribution in [-0.4, -0.2) is 13.7 Å². The van der Waals surface area contributed by atoms with E-state index in [0.29, 0.717) is 6.04 Å². The first-order valence-corrected chi connectivity index (χ1v) is 6.77. The van der Waals surface area contributed by atoms with Gasteiger partial charge in [0.2, 0.25) is 0 Å². The van der Waals surface area contributed by atoms with Crippen molar-refractivity contribution >= 4 is 0 Å². The number of methoxy groups -OCH3 is 1. The van der Waals surface area contributed by atoms with Gasteiger partial charge in [-0.15, -0.1) is 0 Å². The third-order valence-electron chi connectivity index (χ3n) is 4.01. The summed E-state index contributed by atoms with van der Waals surface area (Å²) < 4.78 is 5.30. The van der Waals surface area contributed by atoms with Crippen LogP contribution in [0.4, 0.5) is 0 Å². The van der Waals surface area contributed by atoms with Crippen LogP contribution in [0.15, 0.2) is 18.2 Å². The van der Waals surface area contributed by atoms with E-state index in [0.717, 1.165) is 11.7 Å². The van der Waals surface area contributed by atoms with Crippen molar-refractivity contribution in [2.75, 3.05) is 13.7 Å². The molecule has 0 saturated heterocycles. The zero-order chi connectivity index (χ0) is 11.7. The third kappa shape index (κ3) is 2.47. The number of benzene rings is 1. The SMILES string of the molecule is COc1ccc2c(c1)CCCC2NCC1CC1. The number of nitrogens with one attached hydrogen (secondary N) is 1. The second kappa shape index (κ2) is 4.69. The van der Waals surface area contributed by atoms with Crippen molar-refractivity contribution in [3.63, 3.8) is 0 Å². The first kappa shape index (κ1) is 11.1. The van der Waals surface area contributed by atoms with Crippen LogP contribution in [0.3, 0.4) is 0 Å². The van der Waals surface area contributed by atoms with Crippen LogP contribution in [-0.2, 0) is 6.42 Å². The van der Waals surface area contributed by atoms with E-state index in [-0.39, 0.29) is 0 Å². The van der Waals surface area contributed by atoms with Crippen molar-refractivity contribution in [3.05, 3.63) is 29.3 Å². The van der Waals surface area contributed by atoms with Gasteiger partial charge in [-0.05, 0) is 67.8 Å². The number of hydrogen-bond acceptors (Lipinski definition) is 2. The van der Waals surface area contributed by atoms with Crippen molar-refractivity contribution in [1.29, 1.82) is 0 Å². The lowest BCUT2D eigenvalue weighted by atomic mass is 9.87. The van der Waals surface area contributed by atoms with Crippen molar-refractivity contribution in [2.45, 2.75) is 38.1 Å². The summed E-state index contributed by atoms with van der Waals surface area (Å²) in [4.78, 5) is 0. The van der Waals surface area contributed by atoms with Gasteiger partial charge in [0, 0.05) is 6.04 Å². The van der Waals surface area contributed by atoms with E-state index in [1.54, 1.807) is 7.11 Å². The van der Waals surface area contributed by atoms with Gasteiger partial charge in [0.05, 0.1) is 7.11 Å². The van der Waals surface area contributed by atoms with E-state index >= 15 is 0 Å². The van der Waals surface area contributed by atoms with Crippen molar-refractivity contribution < 1.29 is 4.74 Å². The van der Waals surface area contributed by atoms with Gasteiger partial charge in [-0.2, -0.15) is 0 Å². The minimum Gasteiger partial charge on any atom is -0.497 e. The molecule has 1 aromatic rings. The van der Waals surface area contributed by atoms with Gasteiger partial charge in [-0.3, -0.25) is 0 Å². The monoisotopic (exact) mass is 231 g/mol. The molecule has 1 N–H and O–H groups in total. The molecule has 2 nitrogen and oxygen atoms in total. The van der Waals surface area contributed by atoms with E-state index in [1.807, 2.05) is 0 Å². The summed E-state index contributed by atoms with van der Waals surface area (Å²) in [7, 11) is 1.74. The third-order valence-corrected chi connectivity index (χ3v) is 4.01. The normalized spacial score (nSPS) is 23.2. The lowest BCUT2D eigenvalue weighted by Crippen LogP contribution is -2.26. The summed E-state index contributed by atoms with van der Waals surface area (Å²) in [6, 6.07) is 7.12. The fourth-order valence-electron chi connectivity index (χ4n) is 2.76. The van der Waals surface area contributed by atoms with Crippen LogP contribution < -0.4 is 10.1 Å². The molecule has 0 bridgehead atoms. The van der Waals surface area contributed by atoms with Crippen LogP contribution in [0.2, 0.25) is 0 Å². The zero-order valence-electron chi connectivity index (χ0n) is 10.5. The second-order valence-corrected chi connectivity index (χ2v) is 5.36. The highest BCUT2D eigenvalue weighted by Crippen LogP contribution is 2.34. The maximum Gasteiger partial charge on any atom is 0.119 e. The Kier molecular flexibility index (Phi) is 3.06. The minimum absolute atomic E-state index is 0.574. The molecule has 0 heterocycles. The molecular formula is C15H21NO. The Hall–Kier alpha value is -1.02. The Balaban J connectivity index is 1.75. The molecular weight excluding hydrogens is 210 g/mol. The number of hydrogen-bond donors (Lipinski definition) is 1. The highest BCUT2D eigenvalue weighted by molar-refractivity contribution is 5.39. The Morgan fingerprint density at radius 2 is 2.18 bits per heavy atom. The summed E-state index contributed by atoms with van der Waals surface area (Å²) >= 11 is 0. The minimum atomic E-state index is 0.574. The summed E-state index contributed by atoms with van der Waals surface area (Å²) in [5, 5.41) is 3.74. The number of fused-ring (bicyclic) bond motifs is 1. The van der Waals surface area contributed by atoms with E-state index in [2.05, 4.69) is 23.5 Å². The lowest BCUT2D eigenvalue weighted by Gasteiger charge is -2.27. The quantitative estimate of drug-likeness (QED) is 0.860. The van der Waals surface area contributed by atoms with Gasteiger partial charge >= 0.3 is 0 Å². The fraction of sp³-hybridized carbons (Fsp3) is 0.600. The predicted molar refractivity (Wildman–Crippen MR) is 69.4 cm³/mol. The molecule has 3 rings (SSSR count). The second-order valence-electron chi connectivity index (χ2n) is 5.36. The summed E-state index contributed by atoms with van der Waals surface area (Å²) in [6.07, 6.45) is 6.63. The molecule has 0 radical (unpaired) electrons. The topological polar surface area (TPSA) is 21.3 Å². The molecule has 2 aliphatic rings. The summed E-state index contributed by atoms with van der Waals surface area (Å²) in [6.45, 7) is 1.20. The molecule has 1 fully saturated rings. The Labute approximate surface area is 103 Å². The maximum absolute atomic E-state index is 5.30. The molecule has 1 aromatic carbocycles. The van der Waals surface area contributed by atoms with Gasteiger partial charge in [0.1, 0.15) is 5.75 Å². The standard InChI is InChI=1S/C15H21NO/c1-17-13-7-8-14-12(9-13)3-2-4-15(14)16-10-11-5-6-11/h7-9,11,15-16H,2-6,10H2,1H3. The van der Waals surface area contributed by atoms with E-state index in [4.69, 9.17) is 4.74 Å². The van der Waals surface area contributed by atoms with Crippen LogP contribution in [0.25, 0.3) is 0 Å². The molecule has 0 aromatic heterocycles. The van der Waals surface area contributed by atoms with Gasteiger partial charge in [-0.25, -0.2) is 0 Å². The van der Waals surface area contributed by atoms with E-state index in [1.165, 1.54) is 49.8 Å². The van der Waals surface area contributed by atoms with Crippen molar-refractivity contribution in [3.8, 4) is 5.75 Å². The van der Waals surface area contributed by atoms with Gasteiger partial charge < -0.3 is 10.1 Å². The summed E-state index contributed by atoms with van der Waals surface area (Å²) in [5.74, 6) is 1.95. The molecule has 17 heavy (non-hydrogen) atoms. The molecule has 1 atom stereocenters. The largest absolute Gasteiger partial charge is 0.497 e. The zero-order valence-corrected chi connectivity index (χ0v) is 10.5. The predicted octanol–water partition coefficient (Wildman–Crippen LogP) is 3.07. The Morgan fingerprint density at radius 1 is 1.29 bits per heavy atom. The fourth-order valence-corrected chi connectivity index (χ4v) is 2.76. The molecule has 0 aliphatic heterocycles. The molecule has 92 valence electrons. The average molecular weight is 231 g/mol. The number of rotatable bonds is 4. The first-order chi connectivity index (χ1) is 8.36. The van der Waals surface area contributed by atoms with Crippen LogP contribution in [0.5, 0.6) is 5.75 Å². The van der Waals surface area contributed by atoms with E-state index < -0.39 is 0 Å². The molecule has 1 unspecified atom stereocenters. The summed E-state index contributed by atoms with van der Waals surface area (Å²) in [5.41, 5.74) is 2.97. The molecule has 0 amide bonds. The smallest absolute Gasteiger partial charge is 0.119 e. The van der Waals surface area contributed by atoms with Crippen LogP contribution >= 0.6 is 0 Å².